The Morgan fingerprint density at radius 2 is 1.80 bits per heavy atom. The molecule has 0 bridgehead atoms. The molecule has 0 atom stereocenters. The van der Waals surface area contributed by atoms with E-state index in [0.717, 1.165) is 6.54 Å². The molecule has 1 aliphatic carbocycles. The van der Waals surface area contributed by atoms with E-state index in [1.54, 1.807) is 29.7 Å². The number of hydrogen-bond acceptors (Lipinski definition) is 3. The Morgan fingerprint density at radius 1 is 1.25 bits per heavy atom. The fourth-order valence-corrected chi connectivity index (χ4v) is 1.58. The van der Waals surface area contributed by atoms with Crippen LogP contribution in [0.2, 0.25) is 0 Å². The van der Waals surface area contributed by atoms with E-state index in [0.29, 0.717) is 11.9 Å². The van der Waals surface area contributed by atoms with Crippen LogP contribution in [-0.2, 0) is 4.74 Å². The van der Waals surface area contributed by atoms with E-state index >= 15 is 0 Å². The number of hydrogen-bond donors (Lipinski definition) is 1. The first-order valence-electron chi connectivity index (χ1n) is 6.81. The molecule has 0 spiro atoms. The van der Waals surface area contributed by atoms with Gasteiger partial charge in [0.1, 0.15) is 5.60 Å². The first-order valence-corrected chi connectivity index (χ1v) is 6.81. The van der Waals surface area contributed by atoms with E-state index in [1.165, 1.54) is 17.7 Å². The van der Waals surface area contributed by atoms with Crippen molar-refractivity contribution in [2.45, 2.75) is 39.2 Å². The molecule has 1 aliphatic heterocycles. The van der Waals surface area contributed by atoms with E-state index in [9.17, 15) is 4.79 Å². The van der Waals surface area contributed by atoms with Crippen molar-refractivity contribution in [1.29, 1.82) is 0 Å². The summed E-state index contributed by atoms with van der Waals surface area (Å²) in [5, 5.41) is 0. The largest absolute Gasteiger partial charge is 0.443 e. The molecule has 20 heavy (non-hydrogen) atoms. The molecule has 0 radical (unpaired) electrons. The molecular formula is C14H22N4O2. The van der Waals surface area contributed by atoms with Gasteiger partial charge in [0, 0.05) is 31.3 Å². The lowest BCUT2D eigenvalue weighted by atomic mass is 10.2. The lowest BCUT2D eigenvalue weighted by Crippen LogP contribution is -2.35. The highest BCUT2D eigenvalue weighted by atomic mass is 16.6. The van der Waals surface area contributed by atoms with Gasteiger partial charge in [-0.1, -0.05) is 0 Å². The van der Waals surface area contributed by atoms with Crippen LogP contribution in [0.3, 0.4) is 0 Å². The topological polar surface area (TPSA) is 71.2 Å². The second-order valence-electron chi connectivity index (χ2n) is 6.03. The van der Waals surface area contributed by atoms with Crippen LogP contribution in [0.1, 0.15) is 33.6 Å². The number of carbonyl (C=O) groups is 1. The van der Waals surface area contributed by atoms with Crippen molar-refractivity contribution in [1.82, 2.24) is 9.80 Å². The Morgan fingerprint density at radius 3 is 2.30 bits per heavy atom. The van der Waals surface area contributed by atoms with E-state index < -0.39 is 11.7 Å². The Hall–Kier alpha value is -1.98. The molecule has 1 amide bonds. The highest BCUT2D eigenvalue weighted by Crippen LogP contribution is 2.28. The summed E-state index contributed by atoms with van der Waals surface area (Å²) < 4.78 is 5.26. The predicted molar refractivity (Wildman–Crippen MR) is 77.4 cm³/mol. The zero-order chi connectivity index (χ0) is 14.8. The molecule has 0 aromatic rings. The summed E-state index contributed by atoms with van der Waals surface area (Å²) in [6.45, 7) is 6.27. The van der Waals surface area contributed by atoms with Crippen molar-refractivity contribution in [3.63, 3.8) is 0 Å². The molecular weight excluding hydrogens is 256 g/mol. The summed E-state index contributed by atoms with van der Waals surface area (Å²) in [6, 6.07) is 0. The number of amides is 1. The molecule has 2 rings (SSSR count). The summed E-state index contributed by atoms with van der Waals surface area (Å²) in [6.07, 6.45) is 8.66. The lowest BCUT2D eigenvalue weighted by molar-refractivity contribution is 0.0394. The van der Waals surface area contributed by atoms with Gasteiger partial charge < -0.3 is 10.5 Å². The quantitative estimate of drug-likeness (QED) is 0.621. The summed E-state index contributed by atoms with van der Waals surface area (Å²) >= 11 is 0. The van der Waals surface area contributed by atoms with Crippen LogP contribution in [0.4, 0.5) is 4.79 Å². The number of ether oxygens (including phenoxy) is 1. The average molecular weight is 278 g/mol. The fourth-order valence-electron chi connectivity index (χ4n) is 1.58. The Balaban J connectivity index is 1.88. The van der Waals surface area contributed by atoms with Crippen LogP contribution in [0.25, 0.3) is 0 Å². The number of rotatable bonds is 2. The van der Waals surface area contributed by atoms with Crippen LogP contribution in [-0.4, -0.2) is 34.0 Å². The lowest BCUT2D eigenvalue weighted by Gasteiger charge is -2.26. The van der Waals surface area contributed by atoms with Gasteiger partial charge in [0.2, 0.25) is 0 Å². The van der Waals surface area contributed by atoms with Gasteiger partial charge in [-0.05, 0) is 39.5 Å². The molecule has 0 aromatic heterocycles. The maximum atomic E-state index is 11.8. The number of nitrogens with two attached hydrogens (primary N) is 1. The van der Waals surface area contributed by atoms with Crippen molar-refractivity contribution in [2.75, 3.05) is 6.54 Å². The summed E-state index contributed by atoms with van der Waals surface area (Å²) in [7, 11) is 0. The monoisotopic (exact) mass is 278 g/mol. The molecule has 6 nitrogen and oxygen atoms in total. The Labute approximate surface area is 119 Å². The van der Waals surface area contributed by atoms with Gasteiger partial charge in [0.15, 0.2) is 5.96 Å². The average Bonchev–Trinajstić information content (AvgIpc) is 3.18. The van der Waals surface area contributed by atoms with E-state index in [2.05, 4.69) is 4.99 Å². The third kappa shape index (κ3) is 4.29. The number of nitrogens with zero attached hydrogens (tertiary/aromatic N) is 3. The Bertz CT molecular complexity index is 444. The van der Waals surface area contributed by atoms with E-state index in [1.807, 2.05) is 20.8 Å². The van der Waals surface area contributed by atoms with Crippen molar-refractivity contribution in [2.24, 2.45) is 16.6 Å². The molecule has 110 valence electrons. The summed E-state index contributed by atoms with van der Waals surface area (Å²) in [4.78, 5) is 19.2. The second kappa shape index (κ2) is 5.56. The van der Waals surface area contributed by atoms with Crippen LogP contribution < -0.4 is 5.73 Å². The molecule has 0 aromatic carbocycles. The van der Waals surface area contributed by atoms with Gasteiger partial charge in [-0.15, -0.1) is 0 Å². The standard InChI is InChI=1S/C14H22N4O2/c1-14(2,3)20-13(19)18-8-6-17(7-9-18)12(15)16-10-11-4-5-11/h6-9,11H,4-5,10H2,1-3H3,(H2,15,16). The smallest absolute Gasteiger partial charge is 0.418 e. The summed E-state index contributed by atoms with van der Waals surface area (Å²) in [5.41, 5.74) is 5.37. The third-order valence-corrected chi connectivity index (χ3v) is 2.85. The van der Waals surface area contributed by atoms with Crippen LogP contribution in [0.15, 0.2) is 29.8 Å². The molecule has 6 heteroatoms. The number of guanidine groups is 1. The van der Waals surface area contributed by atoms with Crippen LogP contribution >= 0.6 is 0 Å². The van der Waals surface area contributed by atoms with E-state index in [-0.39, 0.29) is 0 Å². The molecule has 0 saturated heterocycles. The molecule has 1 saturated carbocycles. The molecule has 0 unspecified atom stereocenters. The molecule has 2 N–H and O–H groups in total. The summed E-state index contributed by atoms with van der Waals surface area (Å²) in [5.74, 6) is 1.14. The minimum atomic E-state index is -0.513. The van der Waals surface area contributed by atoms with Crippen molar-refractivity contribution in [3.05, 3.63) is 24.8 Å². The highest BCUT2D eigenvalue weighted by Gasteiger charge is 2.22. The zero-order valence-electron chi connectivity index (χ0n) is 12.2. The third-order valence-electron chi connectivity index (χ3n) is 2.85. The van der Waals surface area contributed by atoms with Gasteiger partial charge >= 0.3 is 6.09 Å². The van der Waals surface area contributed by atoms with Crippen molar-refractivity contribution < 1.29 is 9.53 Å². The first-order chi connectivity index (χ1) is 9.35. The van der Waals surface area contributed by atoms with Gasteiger partial charge in [0.05, 0.1) is 0 Å². The molecule has 1 heterocycles. The molecule has 1 fully saturated rings. The van der Waals surface area contributed by atoms with Gasteiger partial charge in [-0.2, -0.15) is 0 Å². The van der Waals surface area contributed by atoms with Gasteiger partial charge in [0.25, 0.3) is 0 Å². The van der Waals surface area contributed by atoms with Crippen LogP contribution in [0, 0.1) is 5.92 Å². The normalized spacial score (nSPS) is 19.4. The van der Waals surface area contributed by atoms with Gasteiger partial charge in [-0.3, -0.25) is 14.8 Å². The first kappa shape index (κ1) is 14.4. The van der Waals surface area contributed by atoms with E-state index in [4.69, 9.17) is 10.5 Å². The maximum Gasteiger partial charge on any atom is 0.418 e. The van der Waals surface area contributed by atoms with Crippen LogP contribution in [0.5, 0.6) is 0 Å². The zero-order valence-corrected chi connectivity index (χ0v) is 12.2. The van der Waals surface area contributed by atoms with Crippen molar-refractivity contribution >= 4 is 12.1 Å². The molecule has 2 aliphatic rings. The van der Waals surface area contributed by atoms with Gasteiger partial charge in [-0.25, -0.2) is 4.79 Å². The highest BCUT2D eigenvalue weighted by molar-refractivity contribution is 5.81. The minimum Gasteiger partial charge on any atom is -0.443 e. The second-order valence-corrected chi connectivity index (χ2v) is 6.03. The number of carbonyl (C=O) groups excluding carboxylic acids is 1. The Kier molecular flexibility index (Phi) is 4.01. The maximum absolute atomic E-state index is 11.8. The van der Waals surface area contributed by atoms with Crippen molar-refractivity contribution in [3.8, 4) is 0 Å². The predicted octanol–water partition coefficient (Wildman–Crippen LogP) is 2.21. The number of aliphatic imine (C=N–C) groups is 1. The SMILES string of the molecule is CC(C)(C)OC(=O)N1C=CN(C(N)=NCC2CC2)C=C1. The fraction of sp³-hybridized carbons (Fsp3) is 0.571. The minimum absolute atomic E-state index is 0.418.